The molecule has 184 valence electrons. The molecule has 8 nitrogen and oxygen atoms in total. The quantitative estimate of drug-likeness (QED) is 0.203. The maximum absolute atomic E-state index is 12.9. The van der Waals surface area contributed by atoms with Crippen LogP contribution >= 0.6 is 0 Å². The van der Waals surface area contributed by atoms with Gasteiger partial charge in [0.2, 0.25) is 0 Å². The summed E-state index contributed by atoms with van der Waals surface area (Å²) in [6.45, 7) is 4.66. The van der Waals surface area contributed by atoms with Crippen molar-refractivity contribution in [3.8, 4) is 5.75 Å². The summed E-state index contributed by atoms with van der Waals surface area (Å²) in [5.41, 5.74) is 8.56. The zero-order valence-electron chi connectivity index (χ0n) is 19.7. The Bertz CT molecular complexity index is 1260. The van der Waals surface area contributed by atoms with E-state index in [2.05, 4.69) is 6.08 Å². The molecule has 3 heterocycles. The summed E-state index contributed by atoms with van der Waals surface area (Å²) in [6, 6.07) is 5.73. The average molecular weight is 647 g/mol. The summed E-state index contributed by atoms with van der Waals surface area (Å²) >= 11 is 1.13. The first-order chi connectivity index (χ1) is 16.8. The summed E-state index contributed by atoms with van der Waals surface area (Å²) in [4.78, 5) is 24.7. The second-order valence-electron chi connectivity index (χ2n) is 8.82. The molecule has 0 fully saturated rings. The van der Waals surface area contributed by atoms with E-state index < -0.39 is 18.5 Å². The molecule has 4 N–H and O–H groups in total. The number of carboxylic acid groups (broad SMARTS) is 1. The summed E-state index contributed by atoms with van der Waals surface area (Å²) in [5, 5.41) is 19.8. The third-order valence-corrected chi connectivity index (χ3v) is 7.19. The van der Waals surface area contributed by atoms with E-state index >= 15 is 0 Å². The van der Waals surface area contributed by atoms with E-state index in [-0.39, 0.29) is 17.7 Å². The number of hydrogen-bond acceptors (Lipinski definition) is 6. The second-order valence-corrected chi connectivity index (χ2v) is 11.0. The van der Waals surface area contributed by atoms with Crippen molar-refractivity contribution in [3.05, 3.63) is 62.6 Å². The Balaban J connectivity index is 1.39. The maximum atomic E-state index is 12.9. The molecule has 2 atom stereocenters. The number of carbonyl (C=O) groups is 1. The number of nitrogens with zero attached hydrogens (tertiary/aromatic N) is 1. The van der Waals surface area contributed by atoms with Crippen LogP contribution in [0.4, 0.5) is 0 Å². The van der Waals surface area contributed by atoms with Crippen LogP contribution in [0.1, 0.15) is 78.1 Å². The van der Waals surface area contributed by atoms with Crippen LogP contribution in [0, 0.1) is 6.08 Å². The molecule has 1 unspecified atom stereocenters. The molecule has 0 spiro atoms. The van der Waals surface area contributed by atoms with E-state index in [0.717, 1.165) is 47.4 Å². The fourth-order valence-corrected chi connectivity index (χ4v) is 5.52. The van der Waals surface area contributed by atoms with Crippen molar-refractivity contribution >= 4 is 28.5 Å². The fraction of sp³-hybridized carbons (Fsp3) is 0.400. The van der Waals surface area contributed by atoms with Crippen LogP contribution < -0.4 is 21.4 Å². The topological polar surface area (TPSA) is 124 Å². The average Bonchev–Trinajstić information content (AvgIpc) is 3.13. The molecule has 1 aromatic carbocycles. The van der Waals surface area contributed by atoms with Gasteiger partial charge in [0.15, 0.2) is 0 Å². The van der Waals surface area contributed by atoms with E-state index in [9.17, 15) is 19.7 Å². The van der Waals surface area contributed by atoms with Crippen molar-refractivity contribution in [2.24, 2.45) is 5.73 Å². The predicted molar refractivity (Wildman–Crippen MR) is 130 cm³/mol. The number of pyridine rings is 1. The Hall–Kier alpha value is -2.32. The molecule has 4 rings (SSSR count). The van der Waals surface area contributed by atoms with Crippen LogP contribution in [0.15, 0.2) is 23.0 Å². The Morgan fingerprint density at radius 1 is 1.40 bits per heavy atom. The van der Waals surface area contributed by atoms with Crippen LogP contribution in [0.25, 0.3) is 6.08 Å². The van der Waals surface area contributed by atoms with Gasteiger partial charge in [-0.05, 0) is 5.56 Å². The Morgan fingerprint density at radius 3 is 2.83 bits per heavy atom. The molecular formula is C25H28BN2O6W-. The van der Waals surface area contributed by atoms with Gasteiger partial charge in [0.1, 0.15) is 0 Å². The molecule has 2 aromatic rings. The van der Waals surface area contributed by atoms with E-state index in [1.54, 1.807) is 0 Å². The molecule has 0 amide bonds. The van der Waals surface area contributed by atoms with E-state index in [4.69, 9.17) is 15.1 Å². The minimum absolute atomic E-state index is 0.103. The summed E-state index contributed by atoms with van der Waals surface area (Å²) in [7, 11) is -1.03. The fourth-order valence-electron chi connectivity index (χ4n) is 4.82. The van der Waals surface area contributed by atoms with Crippen LogP contribution in [0.3, 0.4) is 0 Å². The normalized spacial score (nSPS) is 18.3. The number of nitrogens with two attached hydrogens (primary N) is 1. The zero-order chi connectivity index (χ0) is 25.3. The van der Waals surface area contributed by atoms with E-state index in [1.807, 2.05) is 42.7 Å². The van der Waals surface area contributed by atoms with Crippen LogP contribution in [0.5, 0.6) is 5.75 Å². The number of hydrogen-bond donors (Lipinski definition) is 3. The van der Waals surface area contributed by atoms with Gasteiger partial charge in [0, 0.05) is 6.54 Å². The van der Waals surface area contributed by atoms with Gasteiger partial charge in [0.05, 0.1) is 6.10 Å². The van der Waals surface area contributed by atoms with Crippen molar-refractivity contribution in [1.29, 1.82) is 0 Å². The van der Waals surface area contributed by atoms with Crippen molar-refractivity contribution in [2.75, 3.05) is 13.2 Å². The first-order valence-corrected chi connectivity index (χ1v) is 13.1. The van der Waals surface area contributed by atoms with E-state index in [0.29, 0.717) is 48.5 Å². The molecule has 0 aliphatic carbocycles. The van der Waals surface area contributed by atoms with Crippen LogP contribution in [0.2, 0.25) is 0 Å². The molecular weight excluding hydrogens is 619 g/mol. The number of aromatic nitrogens is 1. The third kappa shape index (κ3) is 4.87. The minimum atomic E-state index is -1.16. The van der Waals surface area contributed by atoms with Gasteiger partial charge in [-0.3, -0.25) is 0 Å². The number of allylic oxidation sites excluding steroid dienone is 1. The van der Waals surface area contributed by atoms with Crippen molar-refractivity contribution < 1.29 is 43.7 Å². The number of rotatable bonds is 10. The van der Waals surface area contributed by atoms with Crippen molar-refractivity contribution in [2.45, 2.75) is 51.7 Å². The molecule has 10 heteroatoms. The number of unbranched alkanes of at least 4 members (excludes halogenated alkanes) is 2. The Kier molecular flexibility index (Phi) is 7.91. The first-order valence-electron chi connectivity index (χ1n) is 11.7. The van der Waals surface area contributed by atoms with Crippen LogP contribution in [-0.2, 0) is 30.4 Å². The number of fused-ring (bicyclic) bond motifs is 2. The standard InChI is InChI=1S/C25H28BN2O6.W/c1-3-16-18(28-15(2)13-19(28)22(24(16)29)25(30)31)10-6-4-5-7-12-33-20-11-8-9-17-21(14-27)34-26(32)23(17)20;/h8-11,15,21,32H,4-5,7,12-14,27H2,1-2H3,(H,30,31);/q-1;/t15?,21-;/m1./s1. The molecule has 2 aliphatic heterocycles. The van der Waals surface area contributed by atoms with Gasteiger partial charge in [-0.1, -0.05) is 12.1 Å². The van der Waals surface area contributed by atoms with Crippen molar-refractivity contribution in [3.63, 3.8) is 0 Å². The molecule has 0 saturated carbocycles. The summed E-state index contributed by atoms with van der Waals surface area (Å²) < 4.78 is 14.2. The number of ether oxygens (including phenoxy) is 1. The summed E-state index contributed by atoms with van der Waals surface area (Å²) in [5.74, 6) is -0.554. The monoisotopic (exact) mass is 647 g/mol. The van der Waals surface area contributed by atoms with Gasteiger partial charge in [-0.25, -0.2) is 0 Å². The third-order valence-electron chi connectivity index (χ3n) is 6.46. The number of aromatic carboxylic acids is 1. The Labute approximate surface area is 215 Å². The van der Waals surface area contributed by atoms with Gasteiger partial charge in [-0.2, -0.15) is 0 Å². The number of carboxylic acids is 1. The first kappa shape index (κ1) is 25.8. The zero-order valence-corrected chi connectivity index (χ0v) is 22.7. The Morgan fingerprint density at radius 2 is 2.17 bits per heavy atom. The SMILES string of the molecule is C[C](=[W])c1c(C=[C-]CCCCOc2cccc3c2B(O)O[C@@H]3CN)n2c(c(C(=O)O)c1=O)CC2C. The number of benzene rings is 1. The molecule has 2 aliphatic rings. The van der Waals surface area contributed by atoms with Gasteiger partial charge >= 0.3 is 170 Å². The molecule has 0 bridgehead atoms. The molecule has 35 heavy (non-hydrogen) atoms. The molecule has 0 saturated heterocycles. The van der Waals surface area contributed by atoms with Crippen LogP contribution in [-0.4, -0.2) is 44.8 Å². The van der Waals surface area contributed by atoms with Gasteiger partial charge in [-0.15, -0.1) is 0 Å². The predicted octanol–water partition coefficient (Wildman–Crippen LogP) is 1.53. The van der Waals surface area contributed by atoms with Gasteiger partial charge in [0.25, 0.3) is 0 Å². The van der Waals surface area contributed by atoms with Crippen molar-refractivity contribution in [1.82, 2.24) is 4.57 Å². The summed E-state index contributed by atoms with van der Waals surface area (Å²) in [6.07, 6.45) is 7.66. The molecule has 0 radical (unpaired) electrons. The van der Waals surface area contributed by atoms with E-state index in [1.165, 1.54) is 0 Å². The second kappa shape index (κ2) is 10.7. The van der Waals surface area contributed by atoms with Gasteiger partial charge < -0.3 is 15.4 Å². The molecule has 1 aromatic heterocycles.